The first-order valence-corrected chi connectivity index (χ1v) is 12.4. The Labute approximate surface area is 168 Å². The van der Waals surface area contributed by atoms with E-state index in [2.05, 4.69) is 73.2 Å². The molecule has 1 aromatic heterocycles. The first-order valence-electron chi connectivity index (χ1n) is 8.36. The van der Waals surface area contributed by atoms with Gasteiger partial charge in [0.05, 0.1) is 18.8 Å². The number of fused-ring (bicyclic) bond motifs is 6. The molecule has 4 aromatic carbocycles. The Balaban J connectivity index is 2.07. The Hall–Kier alpha value is -1.46. The van der Waals surface area contributed by atoms with Gasteiger partial charge in [0.15, 0.2) is 0 Å². The first kappa shape index (κ1) is 16.7. The smallest absolute Gasteiger partial charge is 0.0597 e. The van der Waals surface area contributed by atoms with Crippen LogP contribution in [0.3, 0.4) is 0 Å². The summed E-state index contributed by atoms with van der Waals surface area (Å²) in [7, 11) is 0. The van der Waals surface area contributed by atoms with Gasteiger partial charge in [0.2, 0.25) is 0 Å². The van der Waals surface area contributed by atoms with Crippen molar-refractivity contribution in [3.8, 4) is 0 Å². The standard InChI is InChI=1S/C22H16S4/c1-23-17-13-9-5-3-7-11-15(13)19-21(17)25-20-16-12-8-4-6-10-14(16)18(24-2)22(20)26-19/h3-12H,1-2H3. The zero-order chi connectivity index (χ0) is 17.7. The van der Waals surface area contributed by atoms with E-state index in [0.717, 1.165) is 0 Å². The van der Waals surface area contributed by atoms with Crippen LogP contribution in [0.5, 0.6) is 0 Å². The zero-order valence-electron chi connectivity index (χ0n) is 14.4. The summed E-state index contributed by atoms with van der Waals surface area (Å²) in [6.07, 6.45) is 4.39. The predicted molar refractivity (Wildman–Crippen MR) is 125 cm³/mol. The van der Waals surface area contributed by atoms with Crippen molar-refractivity contribution in [3.05, 3.63) is 60.7 Å². The fraction of sp³-hybridized carbons (Fsp3) is 0.0909. The molecule has 0 nitrogen and oxygen atoms in total. The van der Waals surface area contributed by atoms with E-state index in [0.29, 0.717) is 0 Å². The quantitative estimate of drug-likeness (QED) is 0.269. The lowest BCUT2D eigenvalue weighted by Gasteiger charge is -1.98. The van der Waals surface area contributed by atoms with E-state index in [1.165, 1.54) is 50.1 Å². The van der Waals surface area contributed by atoms with E-state index < -0.39 is 0 Å². The van der Waals surface area contributed by atoms with Crippen LogP contribution < -0.4 is 0 Å². The molecule has 0 radical (unpaired) electrons. The van der Waals surface area contributed by atoms with Crippen LogP contribution in [0.2, 0.25) is 0 Å². The molecule has 128 valence electrons. The van der Waals surface area contributed by atoms with Crippen LogP contribution in [-0.4, -0.2) is 12.5 Å². The highest BCUT2D eigenvalue weighted by Crippen LogP contribution is 2.50. The summed E-state index contributed by atoms with van der Waals surface area (Å²) >= 11 is 7.66. The third-order valence-electron chi connectivity index (χ3n) is 4.70. The lowest BCUT2D eigenvalue weighted by atomic mass is 10.3. The zero-order valence-corrected chi connectivity index (χ0v) is 17.7. The third-order valence-corrected chi connectivity index (χ3v) is 9.36. The molecule has 0 aliphatic heterocycles. The van der Waals surface area contributed by atoms with Crippen molar-refractivity contribution in [2.45, 2.75) is 9.79 Å². The number of rotatable bonds is 2. The second-order valence-corrected chi connectivity index (χ2v) is 9.74. The molecule has 0 spiro atoms. The van der Waals surface area contributed by atoms with Gasteiger partial charge in [-0.25, -0.2) is 0 Å². The second kappa shape index (κ2) is 6.61. The molecule has 0 bridgehead atoms. The summed E-state index contributed by atoms with van der Waals surface area (Å²) in [5.74, 6) is 0. The minimum Gasteiger partial charge on any atom is -0.132 e. The molecule has 0 N–H and O–H groups in total. The molecule has 0 saturated carbocycles. The maximum Gasteiger partial charge on any atom is 0.0597 e. The van der Waals surface area contributed by atoms with Crippen molar-refractivity contribution in [2.24, 2.45) is 0 Å². The predicted octanol–water partition coefficient (Wildman–Crippen LogP) is 8.43. The van der Waals surface area contributed by atoms with Crippen molar-refractivity contribution in [2.75, 3.05) is 12.5 Å². The Kier molecular flexibility index (Phi) is 4.24. The monoisotopic (exact) mass is 408 g/mol. The van der Waals surface area contributed by atoms with Gasteiger partial charge < -0.3 is 0 Å². The SMILES string of the molecule is CSc1c2cccccc2c2sc3c(SC)c4cccccc4c3sc12. The molecule has 0 unspecified atom stereocenters. The van der Waals surface area contributed by atoms with Gasteiger partial charge in [-0.2, -0.15) is 0 Å². The van der Waals surface area contributed by atoms with Gasteiger partial charge in [-0.15, -0.1) is 46.2 Å². The molecular formula is C22H16S4. The first-order chi connectivity index (χ1) is 12.8. The highest BCUT2D eigenvalue weighted by Gasteiger charge is 2.18. The van der Waals surface area contributed by atoms with E-state index in [1.807, 2.05) is 46.2 Å². The Morgan fingerprint density at radius 2 is 0.885 bits per heavy atom. The molecular weight excluding hydrogens is 393 g/mol. The molecule has 0 aliphatic carbocycles. The Morgan fingerprint density at radius 1 is 0.500 bits per heavy atom. The van der Waals surface area contributed by atoms with E-state index in [1.54, 1.807) is 0 Å². The number of hydrogen-bond acceptors (Lipinski definition) is 4. The van der Waals surface area contributed by atoms with Gasteiger partial charge in [0.25, 0.3) is 0 Å². The van der Waals surface area contributed by atoms with Crippen molar-refractivity contribution in [3.63, 3.8) is 0 Å². The molecule has 0 fully saturated rings. The van der Waals surface area contributed by atoms with Crippen LogP contribution in [0.1, 0.15) is 0 Å². The van der Waals surface area contributed by atoms with E-state index in [9.17, 15) is 0 Å². The van der Waals surface area contributed by atoms with Crippen LogP contribution in [0.15, 0.2) is 70.5 Å². The normalized spacial score (nSPS) is 11.8. The third kappa shape index (κ3) is 2.36. The average molecular weight is 409 g/mol. The maximum absolute atomic E-state index is 2.27. The minimum atomic E-state index is 1.37. The highest BCUT2D eigenvalue weighted by atomic mass is 32.2. The van der Waals surface area contributed by atoms with E-state index in [4.69, 9.17) is 0 Å². The summed E-state index contributed by atoms with van der Waals surface area (Å²) < 4.78 is 5.71. The molecule has 0 amide bonds. The molecule has 26 heavy (non-hydrogen) atoms. The van der Waals surface area contributed by atoms with Crippen molar-refractivity contribution < 1.29 is 0 Å². The summed E-state index contributed by atoms with van der Waals surface area (Å²) in [6, 6.07) is 21.9. The number of hydrogen-bond donors (Lipinski definition) is 0. The lowest BCUT2D eigenvalue weighted by molar-refractivity contribution is 1.76. The minimum absolute atomic E-state index is 1.37. The summed E-state index contributed by atoms with van der Waals surface area (Å²) in [6.45, 7) is 0. The average Bonchev–Trinajstić information content (AvgIpc) is 2.89. The lowest BCUT2D eigenvalue weighted by Crippen LogP contribution is -1.65. The van der Waals surface area contributed by atoms with Gasteiger partial charge in [0.1, 0.15) is 0 Å². The van der Waals surface area contributed by atoms with Crippen LogP contribution in [0, 0.1) is 0 Å². The van der Waals surface area contributed by atoms with Crippen LogP contribution in [-0.2, 0) is 0 Å². The Bertz CT molecular complexity index is 1200. The van der Waals surface area contributed by atoms with Crippen molar-refractivity contribution >= 4 is 86.5 Å². The molecule has 5 rings (SSSR count). The molecule has 1 heterocycles. The molecule has 5 aromatic rings. The molecule has 4 heteroatoms. The van der Waals surface area contributed by atoms with Crippen molar-refractivity contribution in [1.82, 2.24) is 0 Å². The summed E-state index contributed by atoms with van der Waals surface area (Å²) in [5, 5.41) is 5.50. The largest absolute Gasteiger partial charge is 0.132 e. The fourth-order valence-electron chi connectivity index (χ4n) is 3.58. The second-order valence-electron chi connectivity index (χ2n) is 6.06. The maximum atomic E-state index is 2.27. The van der Waals surface area contributed by atoms with Crippen LogP contribution >= 0.6 is 46.2 Å². The van der Waals surface area contributed by atoms with Gasteiger partial charge in [-0.05, 0) is 23.3 Å². The highest BCUT2D eigenvalue weighted by molar-refractivity contribution is 7.99. The van der Waals surface area contributed by atoms with Crippen LogP contribution in [0.25, 0.3) is 40.3 Å². The summed E-state index contributed by atoms with van der Waals surface area (Å²) in [5.41, 5.74) is 0. The van der Waals surface area contributed by atoms with E-state index in [-0.39, 0.29) is 0 Å². The van der Waals surface area contributed by atoms with Crippen molar-refractivity contribution in [1.29, 1.82) is 0 Å². The fourth-order valence-corrected chi connectivity index (χ4v) is 8.51. The number of thioether (sulfide) groups is 2. The molecule has 0 atom stereocenters. The van der Waals surface area contributed by atoms with Gasteiger partial charge in [-0.1, -0.05) is 60.7 Å². The topological polar surface area (TPSA) is 0 Å². The van der Waals surface area contributed by atoms with E-state index >= 15 is 0 Å². The van der Waals surface area contributed by atoms with Gasteiger partial charge >= 0.3 is 0 Å². The van der Waals surface area contributed by atoms with Gasteiger partial charge in [-0.3, -0.25) is 0 Å². The Morgan fingerprint density at radius 3 is 1.27 bits per heavy atom. The molecule has 0 aliphatic rings. The summed E-state index contributed by atoms with van der Waals surface area (Å²) in [4.78, 5) is 2.82. The molecule has 0 saturated heterocycles. The van der Waals surface area contributed by atoms with Gasteiger partial charge in [0, 0.05) is 20.6 Å². The van der Waals surface area contributed by atoms with Crippen LogP contribution in [0.4, 0.5) is 0 Å².